The highest BCUT2D eigenvalue weighted by atomic mass is 14.9. The maximum Gasteiger partial charge on any atom is 0.0362 e. The molecule has 17 heavy (non-hydrogen) atoms. The summed E-state index contributed by atoms with van der Waals surface area (Å²) in [5.74, 6) is 0. The van der Waals surface area contributed by atoms with E-state index < -0.39 is 0 Å². The Kier molecular flexibility index (Phi) is 3.73. The molecule has 1 atom stereocenters. The molecule has 0 aliphatic rings. The van der Waals surface area contributed by atoms with Crippen LogP contribution in [0.5, 0.6) is 0 Å². The van der Waals surface area contributed by atoms with Crippen LogP contribution >= 0.6 is 0 Å². The van der Waals surface area contributed by atoms with Crippen molar-refractivity contribution in [2.24, 2.45) is 0 Å². The van der Waals surface area contributed by atoms with Crippen LogP contribution in [0.25, 0.3) is 0 Å². The standard InChI is InChI=1S/C14H17N3/c1-11(13-6-2-3-7-14(13)15)17-10-12-5-4-8-16-9-12/h2-9,11,17H,10,15H2,1H3. The lowest BCUT2D eigenvalue weighted by atomic mass is 10.1. The first kappa shape index (κ1) is 11.6. The summed E-state index contributed by atoms with van der Waals surface area (Å²) >= 11 is 0. The Hall–Kier alpha value is -1.87. The molecule has 1 aromatic carbocycles. The molecule has 2 rings (SSSR count). The molecule has 3 heteroatoms. The topological polar surface area (TPSA) is 50.9 Å². The Morgan fingerprint density at radius 2 is 2.06 bits per heavy atom. The minimum atomic E-state index is 0.233. The van der Waals surface area contributed by atoms with Gasteiger partial charge in [-0.05, 0) is 30.2 Å². The lowest BCUT2D eigenvalue weighted by molar-refractivity contribution is 0.575. The van der Waals surface area contributed by atoms with E-state index >= 15 is 0 Å². The van der Waals surface area contributed by atoms with Gasteiger partial charge in [0, 0.05) is 30.7 Å². The third-order valence-corrected chi connectivity index (χ3v) is 2.80. The van der Waals surface area contributed by atoms with E-state index in [1.807, 2.05) is 30.5 Å². The van der Waals surface area contributed by atoms with Crippen molar-refractivity contribution in [2.75, 3.05) is 5.73 Å². The fourth-order valence-electron chi connectivity index (χ4n) is 1.79. The van der Waals surface area contributed by atoms with Gasteiger partial charge in [0.25, 0.3) is 0 Å². The molecular weight excluding hydrogens is 210 g/mol. The molecule has 2 aromatic rings. The lowest BCUT2D eigenvalue weighted by Gasteiger charge is -2.16. The van der Waals surface area contributed by atoms with Crippen LogP contribution in [-0.2, 0) is 6.54 Å². The van der Waals surface area contributed by atoms with Crippen molar-refractivity contribution in [3.8, 4) is 0 Å². The second-order valence-electron chi connectivity index (χ2n) is 4.09. The fraction of sp³-hybridized carbons (Fsp3) is 0.214. The molecule has 0 spiro atoms. The number of pyridine rings is 1. The predicted molar refractivity (Wildman–Crippen MR) is 70.3 cm³/mol. The van der Waals surface area contributed by atoms with E-state index in [0.29, 0.717) is 0 Å². The molecule has 3 nitrogen and oxygen atoms in total. The van der Waals surface area contributed by atoms with Crippen molar-refractivity contribution in [3.63, 3.8) is 0 Å². The highest BCUT2D eigenvalue weighted by molar-refractivity contribution is 5.47. The normalized spacial score (nSPS) is 12.3. The van der Waals surface area contributed by atoms with Crippen LogP contribution in [0.2, 0.25) is 0 Å². The van der Waals surface area contributed by atoms with Gasteiger partial charge < -0.3 is 11.1 Å². The number of nitrogens with zero attached hydrogens (tertiary/aromatic N) is 1. The molecule has 0 radical (unpaired) electrons. The van der Waals surface area contributed by atoms with E-state index in [9.17, 15) is 0 Å². The van der Waals surface area contributed by atoms with Crippen LogP contribution < -0.4 is 11.1 Å². The Bertz CT molecular complexity index is 468. The van der Waals surface area contributed by atoms with E-state index in [0.717, 1.165) is 17.8 Å². The highest BCUT2D eigenvalue weighted by Crippen LogP contribution is 2.19. The van der Waals surface area contributed by atoms with Gasteiger partial charge >= 0.3 is 0 Å². The molecule has 0 amide bonds. The number of anilines is 1. The molecule has 3 N–H and O–H groups in total. The maximum atomic E-state index is 5.94. The van der Waals surface area contributed by atoms with E-state index in [-0.39, 0.29) is 6.04 Å². The van der Waals surface area contributed by atoms with Gasteiger partial charge in [-0.1, -0.05) is 24.3 Å². The zero-order valence-corrected chi connectivity index (χ0v) is 9.93. The first-order valence-electron chi connectivity index (χ1n) is 5.74. The molecule has 1 aromatic heterocycles. The van der Waals surface area contributed by atoms with Gasteiger partial charge in [0.1, 0.15) is 0 Å². The van der Waals surface area contributed by atoms with E-state index in [1.165, 1.54) is 5.56 Å². The second kappa shape index (κ2) is 5.46. The van der Waals surface area contributed by atoms with Crippen molar-refractivity contribution in [1.29, 1.82) is 0 Å². The summed E-state index contributed by atoms with van der Waals surface area (Å²) in [5.41, 5.74) is 9.08. The van der Waals surface area contributed by atoms with Crippen LogP contribution in [0.4, 0.5) is 5.69 Å². The Morgan fingerprint density at radius 1 is 1.24 bits per heavy atom. The minimum Gasteiger partial charge on any atom is -0.398 e. The van der Waals surface area contributed by atoms with Gasteiger partial charge in [0.15, 0.2) is 0 Å². The molecule has 1 heterocycles. The van der Waals surface area contributed by atoms with E-state index in [4.69, 9.17) is 5.73 Å². The van der Waals surface area contributed by atoms with Gasteiger partial charge in [0.05, 0.1) is 0 Å². The molecule has 88 valence electrons. The fourth-order valence-corrected chi connectivity index (χ4v) is 1.79. The van der Waals surface area contributed by atoms with Crippen LogP contribution in [-0.4, -0.2) is 4.98 Å². The van der Waals surface area contributed by atoms with Gasteiger partial charge in [-0.25, -0.2) is 0 Å². The zero-order valence-electron chi connectivity index (χ0n) is 9.93. The van der Waals surface area contributed by atoms with Crippen molar-refractivity contribution in [1.82, 2.24) is 10.3 Å². The Labute approximate surface area is 102 Å². The highest BCUT2D eigenvalue weighted by Gasteiger charge is 2.07. The van der Waals surface area contributed by atoms with Crippen molar-refractivity contribution >= 4 is 5.69 Å². The van der Waals surface area contributed by atoms with Gasteiger partial charge in [-0.15, -0.1) is 0 Å². The molecule has 0 fully saturated rings. The van der Waals surface area contributed by atoms with Crippen molar-refractivity contribution in [3.05, 3.63) is 59.9 Å². The molecule has 0 saturated heterocycles. The van der Waals surface area contributed by atoms with Gasteiger partial charge in [-0.3, -0.25) is 4.98 Å². The number of rotatable bonds is 4. The Morgan fingerprint density at radius 3 is 2.76 bits per heavy atom. The Balaban J connectivity index is 1.99. The maximum absolute atomic E-state index is 5.94. The monoisotopic (exact) mass is 227 g/mol. The number of hydrogen-bond donors (Lipinski definition) is 2. The van der Waals surface area contributed by atoms with Crippen LogP contribution in [0.15, 0.2) is 48.8 Å². The number of nitrogens with one attached hydrogen (secondary N) is 1. The molecule has 0 bridgehead atoms. The summed E-state index contributed by atoms with van der Waals surface area (Å²) in [6, 6.07) is 12.2. The summed E-state index contributed by atoms with van der Waals surface area (Å²) < 4.78 is 0. The largest absolute Gasteiger partial charge is 0.398 e. The summed E-state index contributed by atoms with van der Waals surface area (Å²) in [7, 11) is 0. The predicted octanol–water partition coefficient (Wildman–Crippen LogP) is 2.51. The van der Waals surface area contributed by atoms with Crippen LogP contribution in [0.1, 0.15) is 24.1 Å². The third-order valence-electron chi connectivity index (χ3n) is 2.80. The van der Waals surface area contributed by atoms with Crippen molar-refractivity contribution in [2.45, 2.75) is 19.5 Å². The number of aromatic nitrogens is 1. The average molecular weight is 227 g/mol. The average Bonchev–Trinajstić information content (AvgIpc) is 2.38. The SMILES string of the molecule is CC(NCc1cccnc1)c1ccccc1N. The first-order chi connectivity index (χ1) is 8.27. The van der Waals surface area contributed by atoms with E-state index in [1.54, 1.807) is 6.20 Å². The number of nitrogen functional groups attached to an aromatic ring is 1. The second-order valence-corrected chi connectivity index (χ2v) is 4.09. The molecule has 0 aliphatic heterocycles. The molecule has 0 aliphatic carbocycles. The van der Waals surface area contributed by atoms with Gasteiger partial charge in [-0.2, -0.15) is 0 Å². The summed E-state index contributed by atoms with van der Waals surface area (Å²) in [5, 5.41) is 3.44. The van der Waals surface area contributed by atoms with Crippen LogP contribution in [0, 0.1) is 0 Å². The number of benzene rings is 1. The quantitative estimate of drug-likeness (QED) is 0.789. The van der Waals surface area contributed by atoms with Crippen LogP contribution in [0.3, 0.4) is 0 Å². The van der Waals surface area contributed by atoms with E-state index in [2.05, 4.69) is 29.4 Å². The van der Waals surface area contributed by atoms with Crippen molar-refractivity contribution < 1.29 is 0 Å². The third kappa shape index (κ3) is 3.04. The smallest absolute Gasteiger partial charge is 0.0362 e. The van der Waals surface area contributed by atoms with Gasteiger partial charge in [0.2, 0.25) is 0 Å². The number of hydrogen-bond acceptors (Lipinski definition) is 3. The lowest BCUT2D eigenvalue weighted by Crippen LogP contribution is -2.19. The first-order valence-corrected chi connectivity index (χ1v) is 5.74. The minimum absolute atomic E-state index is 0.233. The molecule has 1 unspecified atom stereocenters. The molecule has 0 saturated carbocycles. The summed E-state index contributed by atoms with van der Waals surface area (Å²) in [4.78, 5) is 4.09. The number of nitrogens with two attached hydrogens (primary N) is 1. The zero-order chi connectivity index (χ0) is 12.1. The molecular formula is C14H17N3. The summed E-state index contributed by atoms with van der Waals surface area (Å²) in [6.45, 7) is 2.91. The summed E-state index contributed by atoms with van der Waals surface area (Å²) in [6.07, 6.45) is 3.65. The number of para-hydroxylation sites is 1.